The molecule has 2 atom stereocenters. The highest BCUT2D eigenvalue weighted by Gasteiger charge is 2.64. The van der Waals surface area contributed by atoms with Gasteiger partial charge in [0.25, 0.3) is 11.3 Å². The number of esters is 1. The standard InChI is InChI=1S/C20H17NO6/c1-3-26-19(23)20(18(22)15-11-7-8-12-16(15)27-20)17(13(2)21(24)25)14-9-5-4-6-10-14/h4-12,17H,2-3H2,1H3/t17-,20-/m1/s1. The third-order valence-corrected chi connectivity index (χ3v) is 4.43. The number of carbonyl (C=O) groups is 2. The first-order chi connectivity index (χ1) is 12.9. The van der Waals surface area contributed by atoms with Crippen LogP contribution in [0.25, 0.3) is 0 Å². The monoisotopic (exact) mass is 367 g/mol. The molecule has 7 heteroatoms. The summed E-state index contributed by atoms with van der Waals surface area (Å²) in [6.45, 7) is 5.09. The lowest BCUT2D eigenvalue weighted by atomic mass is 9.76. The summed E-state index contributed by atoms with van der Waals surface area (Å²) in [7, 11) is 0. The van der Waals surface area contributed by atoms with Crippen LogP contribution in [0.2, 0.25) is 0 Å². The van der Waals surface area contributed by atoms with Gasteiger partial charge in [0, 0.05) is 0 Å². The number of ketones is 1. The summed E-state index contributed by atoms with van der Waals surface area (Å²) in [6.07, 6.45) is 0. The smallest absolute Gasteiger partial charge is 0.360 e. The van der Waals surface area contributed by atoms with Gasteiger partial charge in [-0.15, -0.1) is 0 Å². The molecule has 3 rings (SSSR count). The predicted molar refractivity (Wildman–Crippen MR) is 96.1 cm³/mol. The van der Waals surface area contributed by atoms with E-state index in [4.69, 9.17) is 9.47 Å². The van der Waals surface area contributed by atoms with Gasteiger partial charge in [-0.3, -0.25) is 14.9 Å². The summed E-state index contributed by atoms with van der Waals surface area (Å²) in [5, 5.41) is 11.6. The molecule has 0 radical (unpaired) electrons. The molecule has 0 N–H and O–H groups in total. The third kappa shape index (κ3) is 2.87. The lowest BCUT2D eigenvalue weighted by Gasteiger charge is -2.31. The molecule has 1 heterocycles. The lowest BCUT2D eigenvalue weighted by molar-refractivity contribution is -0.431. The zero-order chi connectivity index (χ0) is 19.6. The first-order valence-corrected chi connectivity index (χ1v) is 8.31. The van der Waals surface area contributed by atoms with E-state index in [1.165, 1.54) is 12.1 Å². The zero-order valence-corrected chi connectivity index (χ0v) is 14.6. The fourth-order valence-corrected chi connectivity index (χ4v) is 3.26. The van der Waals surface area contributed by atoms with E-state index < -0.39 is 33.9 Å². The van der Waals surface area contributed by atoms with Crippen molar-refractivity contribution in [2.45, 2.75) is 18.4 Å². The largest absolute Gasteiger partial charge is 0.465 e. The molecule has 1 aliphatic rings. The van der Waals surface area contributed by atoms with E-state index in [0.717, 1.165) is 0 Å². The van der Waals surface area contributed by atoms with Crippen molar-refractivity contribution >= 4 is 11.8 Å². The lowest BCUT2D eigenvalue weighted by Crippen LogP contribution is -2.55. The Kier molecular flexibility index (Phi) is 4.77. The molecule has 2 aromatic carbocycles. The molecule has 138 valence electrons. The first-order valence-electron chi connectivity index (χ1n) is 8.31. The maximum absolute atomic E-state index is 13.3. The normalized spacial score (nSPS) is 18.9. The van der Waals surface area contributed by atoms with Gasteiger partial charge in [0.2, 0.25) is 5.78 Å². The van der Waals surface area contributed by atoms with Gasteiger partial charge in [0.05, 0.1) is 17.1 Å². The Hall–Kier alpha value is -3.48. The summed E-state index contributed by atoms with van der Waals surface area (Å²) in [5.41, 5.74) is -2.25. The highest BCUT2D eigenvalue weighted by molar-refractivity contribution is 6.20. The number of nitro groups is 1. The van der Waals surface area contributed by atoms with E-state index in [1.54, 1.807) is 49.4 Å². The molecule has 0 amide bonds. The molecule has 0 spiro atoms. The highest BCUT2D eigenvalue weighted by atomic mass is 16.6. The van der Waals surface area contributed by atoms with E-state index in [0.29, 0.717) is 5.56 Å². The Labute approximate surface area is 155 Å². The maximum Gasteiger partial charge on any atom is 0.360 e. The Morgan fingerprint density at radius 1 is 1.22 bits per heavy atom. The van der Waals surface area contributed by atoms with Crippen LogP contribution in [0.15, 0.2) is 66.9 Å². The van der Waals surface area contributed by atoms with Gasteiger partial charge >= 0.3 is 5.97 Å². The fraction of sp³-hybridized carbons (Fsp3) is 0.200. The molecule has 0 bridgehead atoms. The number of hydrogen-bond donors (Lipinski definition) is 0. The van der Waals surface area contributed by atoms with E-state index in [-0.39, 0.29) is 17.9 Å². The van der Waals surface area contributed by atoms with Crippen LogP contribution in [0, 0.1) is 10.1 Å². The van der Waals surface area contributed by atoms with Gasteiger partial charge in [-0.05, 0) is 31.2 Å². The van der Waals surface area contributed by atoms with Crippen LogP contribution in [0.5, 0.6) is 5.75 Å². The molecule has 0 fully saturated rings. The number of rotatable bonds is 6. The molecule has 1 aliphatic heterocycles. The predicted octanol–water partition coefficient (Wildman–Crippen LogP) is 3.14. The second kappa shape index (κ2) is 7.03. The Bertz CT molecular complexity index is 923. The van der Waals surface area contributed by atoms with E-state index in [1.807, 2.05) is 0 Å². The second-order valence-electron chi connectivity index (χ2n) is 5.98. The minimum Gasteiger partial charge on any atom is -0.465 e. The molecular formula is C20H17NO6. The van der Waals surface area contributed by atoms with Crippen molar-refractivity contribution in [3.05, 3.63) is 88.1 Å². The van der Waals surface area contributed by atoms with E-state index >= 15 is 0 Å². The fourth-order valence-electron chi connectivity index (χ4n) is 3.26. The van der Waals surface area contributed by atoms with Gasteiger partial charge in [0.1, 0.15) is 11.7 Å². The summed E-state index contributed by atoms with van der Waals surface area (Å²) in [5.74, 6) is -2.85. The number of para-hydroxylation sites is 1. The SMILES string of the molecule is C=C([C@H](c1ccccc1)[C@@]1(C(=O)OCC)Oc2ccccc2C1=O)[N+](=O)[O-]. The number of benzene rings is 2. The number of ether oxygens (including phenoxy) is 2. The topological polar surface area (TPSA) is 95.7 Å². The van der Waals surface area contributed by atoms with Crippen LogP contribution in [-0.2, 0) is 9.53 Å². The number of nitrogens with zero attached hydrogens (tertiary/aromatic N) is 1. The van der Waals surface area contributed by atoms with Crippen molar-refractivity contribution in [3.8, 4) is 5.75 Å². The van der Waals surface area contributed by atoms with Gasteiger partial charge in [0.15, 0.2) is 0 Å². The molecule has 0 aliphatic carbocycles. The van der Waals surface area contributed by atoms with Gasteiger partial charge < -0.3 is 9.47 Å². The Morgan fingerprint density at radius 2 is 1.85 bits per heavy atom. The number of Topliss-reactive ketones (excluding diaryl/α,β-unsaturated/α-hetero) is 1. The minimum absolute atomic E-state index is 0.0139. The van der Waals surface area contributed by atoms with Crippen molar-refractivity contribution in [2.75, 3.05) is 6.61 Å². The van der Waals surface area contributed by atoms with Crippen LogP contribution < -0.4 is 4.74 Å². The molecule has 0 saturated heterocycles. The number of hydrogen-bond acceptors (Lipinski definition) is 6. The second-order valence-corrected chi connectivity index (χ2v) is 5.98. The summed E-state index contributed by atoms with van der Waals surface area (Å²) in [4.78, 5) is 37.1. The van der Waals surface area contributed by atoms with Crippen LogP contribution in [0.3, 0.4) is 0 Å². The zero-order valence-electron chi connectivity index (χ0n) is 14.6. The van der Waals surface area contributed by atoms with Crippen LogP contribution in [0.1, 0.15) is 28.8 Å². The quantitative estimate of drug-likeness (QED) is 0.337. The third-order valence-electron chi connectivity index (χ3n) is 4.43. The molecule has 7 nitrogen and oxygen atoms in total. The summed E-state index contributed by atoms with van der Waals surface area (Å²) in [6, 6.07) is 14.5. The number of carbonyl (C=O) groups excluding carboxylic acids is 2. The highest BCUT2D eigenvalue weighted by Crippen LogP contribution is 2.46. The summed E-state index contributed by atoms with van der Waals surface area (Å²) >= 11 is 0. The van der Waals surface area contributed by atoms with Crippen molar-refractivity contribution < 1.29 is 24.0 Å². The molecule has 2 aromatic rings. The molecule has 27 heavy (non-hydrogen) atoms. The first kappa shape index (κ1) is 18.3. The van der Waals surface area contributed by atoms with E-state index in [9.17, 15) is 19.7 Å². The van der Waals surface area contributed by atoms with Crippen LogP contribution >= 0.6 is 0 Å². The minimum atomic E-state index is -2.24. The molecule has 0 unspecified atom stereocenters. The summed E-state index contributed by atoms with van der Waals surface area (Å²) < 4.78 is 10.9. The van der Waals surface area contributed by atoms with E-state index in [2.05, 4.69) is 6.58 Å². The average molecular weight is 367 g/mol. The van der Waals surface area contributed by atoms with Crippen molar-refractivity contribution in [2.24, 2.45) is 0 Å². The average Bonchev–Trinajstić information content (AvgIpc) is 2.97. The van der Waals surface area contributed by atoms with Gasteiger partial charge in [-0.2, -0.15) is 0 Å². The maximum atomic E-state index is 13.3. The van der Waals surface area contributed by atoms with Crippen LogP contribution in [-0.4, -0.2) is 28.9 Å². The van der Waals surface area contributed by atoms with Crippen molar-refractivity contribution in [1.82, 2.24) is 0 Å². The Balaban J connectivity index is 2.26. The molecule has 0 aromatic heterocycles. The molecular weight excluding hydrogens is 350 g/mol. The van der Waals surface area contributed by atoms with Gasteiger partial charge in [-0.1, -0.05) is 42.5 Å². The number of fused-ring (bicyclic) bond motifs is 1. The van der Waals surface area contributed by atoms with Crippen molar-refractivity contribution in [1.29, 1.82) is 0 Å². The Morgan fingerprint density at radius 3 is 2.44 bits per heavy atom. The van der Waals surface area contributed by atoms with Crippen LogP contribution in [0.4, 0.5) is 0 Å². The van der Waals surface area contributed by atoms with Crippen molar-refractivity contribution in [3.63, 3.8) is 0 Å². The molecule has 0 saturated carbocycles. The van der Waals surface area contributed by atoms with Gasteiger partial charge in [-0.25, -0.2) is 4.79 Å².